The number of sulfonamides is 1. The Morgan fingerprint density at radius 3 is 2.67 bits per heavy atom. The number of hydrogen-bond acceptors (Lipinski definition) is 5. The molecule has 1 aliphatic rings. The highest BCUT2D eigenvalue weighted by atomic mass is 32.2. The molecule has 0 saturated carbocycles. The van der Waals surface area contributed by atoms with Gasteiger partial charge in [-0.2, -0.15) is 4.31 Å². The normalized spacial score (nSPS) is 23.4. The van der Waals surface area contributed by atoms with Gasteiger partial charge in [0.25, 0.3) is 10.0 Å². The van der Waals surface area contributed by atoms with Crippen molar-refractivity contribution in [2.24, 2.45) is 11.7 Å². The van der Waals surface area contributed by atoms with Gasteiger partial charge in [-0.15, -0.1) is 0 Å². The van der Waals surface area contributed by atoms with E-state index >= 15 is 0 Å². The van der Waals surface area contributed by atoms with Crippen LogP contribution < -0.4 is 10.6 Å². The lowest BCUT2D eigenvalue weighted by molar-refractivity contribution is 0.429. The van der Waals surface area contributed by atoms with Crippen molar-refractivity contribution in [2.45, 2.75) is 30.5 Å². The van der Waals surface area contributed by atoms with Gasteiger partial charge in [0.15, 0.2) is 4.21 Å². The Bertz CT molecular complexity index is 588. The number of aromatic amines is 1. The molecule has 2 atom stereocenters. The van der Waals surface area contributed by atoms with E-state index in [0.29, 0.717) is 18.8 Å². The van der Waals surface area contributed by atoms with Crippen LogP contribution in [0.3, 0.4) is 0 Å². The monoisotopic (exact) mass is 291 g/mol. The number of nitrogens with one attached hydrogen (secondary N) is 1. The second-order valence-electron chi connectivity index (χ2n) is 4.70. The van der Waals surface area contributed by atoms with Gasteiger partial charge in [0, 0.05) is 24.8 Å². The van der Waals surface area contributed by atoms with Crippen LogP contribution >= 0.6 is 11.3 Å². The standard InChI is InChI=1S/C10H17N3O3S2/c1-6(11)8-3-4-13(5-8)18(15,16)9-7(2)12-10(14)17-9/h6,8H,3-5,11H2,1-2H3,(H,12,14). The average molecular weight is 291 g/mol. The van der Waals surface area contributed by atoms with Crippen molar-refractivity contribution in [1.29, 1.82) is 0 Å². The number of H-pyrrole nitrogens is 1. The van der Waals surface area contributed by atoms with Crippen LogP contribution in [-0.4, -0.2) is 36.8 Å². The van der Waals surface area contributed by atoms with Crippen LogP contribution in [0.25, 0.3) is 0 Å². The Morgan fingerprint density at radius 2 is 2.22 bits per heavy atom. The SMILES string of the molecule is Cc1[nH]c(=O)sc1S(=O)(=O)N1CCC(C(C)N)C1. The molecule has 2 rings (SSSR count). The molecule has 18 heavy (non-hydrogen) atoms. The minimum Gasteiger partial charge on any atom is -0.328 e. The number of aryl methyl sites for hydroxylation is 1. The lowest BCUT2D eigenvalue weighted by atomic mass is 10.0. The molecule has 6 nitrogen and oxygen atoms in total. The summed E-state index contributed by atoms with van der Waals surface area (Å²) in [6.07, 6.45) is 0.773. The van der Waals surface area contributed by atoms with E-state index < -0.39 is 10.0 Å². The molecule has 1 aromatic rings. The molecule has 0 aromatic carbocycles. The Morgan fingerprint density at radius 1 is 1.56 bits per heavy atom. The zero-order valence-electron chi connectivity index (χ0n) is 10.3. The van der Waals surface area contributed by atoms with Crippen molar-refractivity contribution in [1.82, 2.24) is 9.29 Å². The van der Waals surface area contributed by atoms with Gasteiger partial charge in [-0.05, 0) is 26.2 Å². The summed E-state index contributed by atoms with van der Waals surface area (Å²) in [7, 11) is -3.55. The molecule has 8 heteroatoms. The van der Waals surface area contributed by atoms with Gasteiger partial charge < -0.3 is 10.7 Å². The molecular formula is C10H17N3O3S2. The highest BCUT2D eigenvalue weighted by Gasteiger charge is 2.35. The maximum atomic E-state index is 12.4. The molecule has 0 bridgehead atoms. The van der Waals surface area contributed by atoms with Crippen molar-refractivity contribution >= 4 is 21.4 Å². The molecule has 0 amide bonds. The van der Waals surface area contributed by atoms with E-state index in [1.54, 1.807) is 6.92 Å². The van der Waals surface area contributed by atoms with Gasteiger partial charge >= 0.3 is 4.87 Å². The Kier molecular flexibility index (Phi) is 3.63. The summed E-state index contributed by atoms with van der Waals surface area (Å²) < 4.78 is 26.3. The lowest BCUT2D eigenvalue weighted by Crippen LogP contribution is -2.33. The highest BCUT2D eigenvalue weighted by Crippen LogP contribution is 2.27. The molecule has 0 aliphatic carbocycles. The maximum Gasteiger partial charge on any atom is 0.305 e. The van der Waals surface area contributed by atoms with Gasteiger partial charge in [0.05, 0.1) is 0 Å². The summed E-state index contributed by atoms with van der Waals surface area (Å²) in [6.45, 7) is 4.40. The molecule has 1 fully saturated rings. The molecule has 2 unspecified atom stereocenters. The summed E-state index contributed by atoms with van der Waals surface area (Å²) in [5.41, 5.74) is 6.21. The summed E-state index contributed by atoms with van der Waals surface area (Å²) in [6, 6.07) is -0.0173. The number of nitrogens with zero attached hydrogens (tertiary/aromatic N) is 1. The van der Waals surface area contributed by atoms with Gasteiger partial charge in [-0.3, -0.25) is 4.79 Å². The maximum absolute atomic E-state index is 12.4. The Hall–Kier alpha value is -0.700. The highest BCUT2D eigenvalue weighted by molar-refractivity contribution is 7.91. The summed E-state index contributed by atoms with van der Waals surface area (Å²) in [4.78, 5) is 13.4. The lowest BCUT2D eigenvalue weighted by Gasteiger charge is -2.17. The molecule has 0 spiro atoms. The van der Waals surface area contributed by atoms with Crippen LogP contribution in [0.4, 0.5) is 0 Å². The van der Waals surface area contributed by atoms with Crippen LogP contribution in [0.2, 0.25) is 0 Å². The van der Waals surface area contributed by atoms with Crippen molar-refractivity contribution in [3.8, 4) is 0 Å². The van der Waals surface area contributed by atoms with Gasteiger partial charge in [-0.25, -0.2) is 8.42 Å². The predicted molar refractivity (Wildman–Crippen MR) is 70.2 cm³/mol. The molecule has 1 saturated heterocycles. The van der Waals surface area contributed by atoms with Crippen molar-refractivity contribution in [3.63, 3.8) is 0 Å². The first-order valence-electron chi connectivity index (χ1n) is 5.78. The first-order chi connectivity index (χ1) is 8.32. The van der Waals surface area contributed by atoms with Crippen LogP contribution in [0, 0.1) is 12.8 Å². The fourth-order valence-electron chi connectivity index (χ4n) is 2.16. The first kappa shape index (κ1) is 13.7. The minimum absolute atomic E-state index is 0.0173. The average Bonchev–Trinajstić information content (AvgIpc) is 2.85. The molecule has 1 aliphatic heterocycles. The number of thiazole rings is 1. The molecule has 102 valence electrons. The Balaban J connectivity index is 2.28. The number of rotatable bonds is 3. The zero-order valence-corrected chi connectivity index (χ0v) is 12.0. The summed E-state index contributed by atoms with van der Waals surface area (Å²) in [5, 5.41) is 0. The van der Waals surface area contributed by atoms with Gasteiger partial charge in [0.1, 0.15) is 0 Å². The van der Waals surface area contributed by atoms with E-state index in [2.05, 4.69) is 4.98 Å². The van der Waals surface area contributed by atoms with E-state index in [-0.39, 0.29) is 21.0 Å². The number of hydrogen-bond donors (Lipinski definition) is 2. The van der Waals surface area contributed by atoms with Crippen molar-refractivity contribution in [2.75, 3.05) is 13.1 Å². The van der Waals surface area contributed by atoms with Crippen LogP contribution in [0.5, 0.6) is 0 Å². The van der Waals surface area contributed by atoms with Crippen LogP contribution in [0.15, 0.2) is 9.00 Å². The van der Waals surface area contributed by atoms with Crippen molar-refractivity contribution < 1.29 is 8.42 Å². The third-order valence-electron chi connectivity index (χ3n) is 3.29. The summed E-state index contributed by atoms with van der Waals surface area (Å²) >= 11 is 0.746. The Labute approximate surface area is 110 Å². The fraction of sp³-hybridized carbons (Fsp3) is 0.700. The molecule has 1 aromatic heterocycles. The quantitative estimate of drug-likeness (QED) is 0.825. The second kappa shape index (κ2) is 4.76. The van der Waals surface area contributed by atoms with E-state index in [1.807, 2.05) is 6.92 Å². The predicted octanol–water partition coefficient (Wildman–Crippen LogP) is 0.103. The smallest absolute Gasteiger partial charge is 0.305 e. The summed E-state index contributed by atoms with van der Waals surface area (Å²) in [5.74, 6) is 0.191. The molecule has 2 heterocycles. The number of nitrogens with two attached hydrogens (primary N) is 1. The van der Waals surface area contributed by atoms with E-state index in [1.165, 1.54) is 4.31 Å². The fourth-order valence-corrected chi connectivity index (χ4v) is 5.10. The third kappa shape index (κ3) is 2.37. The molecule has 0 radical (unpaired) electrons. The van der Waals surface area contributed by atoms with E-state index in [9.17, 15) is 13.2 Å². The van der Waals surface area contributed by atoms with Gasteiger partial charge in [-0.1, -0.05) is 11.3 Å². The van der Waals surface area contributed by atoms with E-state index in [0.717, 1.165) is 17.8 Å². The largest absolute Gasteiger partial charge is 0.328 e. The second-order valence-corrected chi connectivity index (χ2v) is 7.81. The van der Waals surface area contributed by atoms with Crippen LogP contribution in [-0.2, 0) is 10.0 Å². The first-order valence-corrected chi connectivity index (χ1v) is 8.03. The van der Waals surface area contributed by atoms with Crippen LogP contribution in [0.1, 0.15) is 19.0 Å². The molecular weight excluding hydrogens is 274 g/mol. The molecule has 3 N–H and O–H groups in total. The minimum atomic E-state index is -3.55. The zero-order chi connectivity index (χ0) is 13.5. The number of aromatic nitrogens is 1. The van der Waals surface area contributed by atoms with Gasteiger partial charge in [0.2, 0.25) is 0 Å². The third-order valence-corrected chi connectivity index (χ3v) is 6.73. The van der Waals surface area contributed by atoms with Crippen molar-refractivity contribution in [3.05, 3.63) is 15.4 Å². The topological polar surface area (TPSA) is 96.3 Å². The van der Waals surface area contributed by atoms with E-state index in [4.69, 9.17) is 5.73 Å².